The van der Waals surface area contributed by atoms with Gasteiger partial charge in [0.15, 0.2) is 0 Å². The van der Waals surface area contributed by atoms with Gasteiger partial charge in [-0.2, -0.15) is 0 Å². The Morgan fingerprint density at radius 3 is 1.79 bits per heavy atom. The van der Waals surface area contributed by atoms with Crippen molar-refractivity contribution in [1.82, 2.24) is 0 Å². The van der Waals surface area contributed by atoms with Gasteiger partial charge >= 0.3 is 13.8 Å². The maximum atomic E-state index is 12.0. The van der Waals surface area contributed by atoms with E-state index in [1.54, 1.807) is 0 Å². The smallest absolute Gasteiger partial charge is 0.463 e. The third kappa shape index (κ3) is 23.0. The van der Waals surface area contributed by atoms with Crippen LogP contribution in [0.1, 0.15) is 109 Å². The molecule has 4 N–H and O–H groups in total. The van der Waals surface area contributed by atoms with Crippen LogP contribution < -0.4 is 0 Å². The molecule has 9 nitrogen and oxygen atoms in total. The van der Waals surface area contributed by atoms with Crippen LogP contribution in [0.2, 0.25) is 0 Å². The van der Waals surface area contributed by atoms with Gasteiger partial charge in [-0.25, -0.2) is 4.57 Å². The van der Waals surface area contributed by atoms with Gasteiger partial charge in [-0.15, -0.1) is 0 Å². The van der Waals surface area contributed by atoms with Crippen LogP contribution in [0.4, 0.5) is 0 Å². The summed E-state index contributed by atoms with van der Waals surface area (Å²) < 4.78 is 55.4. The number of phosphoric ester groups is 1. The van der Waals surface area contributed by atoms with E-state index in [9.17, 15) is 19.4 Å². The van der Waals surface area contributed by atoms with Gasteiger partial charge in [-0.1, -0.05) is 90.4 Å². The summed E-state index contributed by atoms with van der Waals surface area (Å²) in [5, 5.41) is 27.8. The summed E-state index contributed by atoms with van der Waals surface area (Å²) >= 11 is 0. The first-order chi connectivity index (χ1) is 17.3. The Kier molecular flexibility index (Phi) is 17.0. The van der Waals surface area contributed by atoms with Gasteiger partial charge in [0.2, 0.25) is 0 Å². The summed E-state index contributed by atoms with van der Waals surface area (Å²) in [5.74, 6) is -0.992. The second kappa shape index (κ2) is 22.0. The number of esters is 1. The van der Waals surface area contributed by atoms with Crippen molar-refractivity contribution in [1.29, 1.82) is 0 Å². The highest BCUT2D eigenvalue weighted by molar-refractivity contribution is 7.47. The van der Waals surface area contributed by atoms with E-state index in [-0.39, 0.29) is 6.42 Å². The zero-order valence-corrected chi connectivity index (χ0v) is 20.8. The average Bonchev–Trinajstić information content (AvgIpc) is 2.81. The second-order valence-corrected chi connectivity index (χ2v) is 9.53. The number of hydrogen-bond donors (Lipinski definition) is 4. The summed E-state index contributed by atoms with van der Waals surface area (Å²) in [4.78, 5) is 21.5. The van der Waals surface area contributed by atoms with E-state index >= 15 is 0 Å². The number of hydrogen-bond acceptors (Lipinski definition) is 8. The van der Waals surface area contributed by atoms with E-state index in [0.717, 1.165) is 25.7 Å². The Labute approximate surface area is 205 Å². The molecule has 0 radical (unpaired) electrons. The van der Waals surface area contributed by atoms with Crippen molar-refractivity contribution in [3.63, 3.8) is 0 Å². The molecule has 0 bridgehead atoms. The van der Waals surface area contributed by atoms with Crippen LogP contribution in [0.3, 0.4) is 0 Å². The lowest BCUT2D eigenvalue weighted by atomic mass is 10.0. The van der Waals surface area contributed by atoms with E-state index < -0.39 is 52.3 Å². The van der Waals surface area contributed by atoms with Gasteiger partial charge in [0.05, 0.1) is 25.3 Å². The number of unbranched alkanes of at least 4 members (excludes halogenated alkanes) is 13. The Balaban J connectivity index is 4.14. The van der Waals surface area contributed by atoms with Crippen LogP contribution in [0.15, 0.2) is 0 Å². The van der Waals surface area contributed by atoms with Crippen molar-refractivity contribution in [2.75, 3.05) is 26.3 Å². The molecule has 0 aliphatic rings. The van der Waals surface area contributed by atoms with E-state index in [1.807, 2.05) is 0 Å². The standard InChI is InChI=1S/C23H47O9P/c1-2-3-4-5-6-7-8-9-10-11-12-13-14-15-16-23(27)30-18-22(26)20-32-33(28,29)31-19-21(25)17-24/h21-22,24-26H,2-20H2,1H3,(H,28,29)/t21?,22-/m1/s1/i18D2,20D2. The molecule has 0 rings (SSSR count). The third-order valence-electron chi connectivity index (χ3n) is 4.94. The number of phosphoric acid groups is 1. The minimum Gasteiger partial charge on any atom is -0.463 e. The maximum absolute atomic E-state index is 12.0. The lowest BCUT2D eigenvalue weighted by Crippen LogP contribution is -2.24. The van der Waals surface area contributed by atoms with E-state index in [2.05, 4.69) is 20.7 Å². The second-order valence-electron chi connectivity index (χ2n) is 8.15. The first-order valence-corrected chi connectivity index (χ1v) is 13.6. The van der Waals surface area contributed by atoms with E-state index in [4.69, 9.17) is 15.7 Å². The number of carbonyl (C=O) groups excluding carboxylic acids is 1. The summed E-state index contributed by atoms with van der Waals surface area (Å²) in [6.07, 6.45) is 11.4. The van der Waals surface area contributed by atoms with Gasteiger partial charge in [-0.3, -0.25) is 13.8 Å². The molecular weight excluding hydrogens is 451 g/mol. The van der Waals surface area contributed by atoms with Crippen LogP contribution in [0, 0.1) is 0 Å². The molecule has 198 valence electrons. The fraction of sp³-hybridized carbons (Fsp3) is 0.957. The lowest BCUT2D eigenvalue weighted by molar-refractivity contribution is -0.147. The molecular formula is C23H47O9P. The van der Waals surface area contributed by atoms with Crippen molar-refractivity contribution < 1.29 is 48.8 Å². The predicted octanol–water partition coefficient (Wildman–Crippen LogP) is 4.25. The molecule has 0 aromatic rings. The van der Waals surface area contributed by atoms with Gasteiger partial charge in [0.25, 0.3) is 0 Å². The quantitative estimate of drug-likeness (QED) is 0.0865. The number of ether oxygens (including phenoxy) is 1. The molecule has 3 atom stereocenters. The number of aliphatic hydroxyl groups excluding tert-OH is 3. The first kappa shape index (κ1) is 25.5. The van der Waals surface area contributed by atoms with Gasteiger partial charge < -0.3 is 24.9 Å². The maximum Gasteiger partial charge on any atom is 0.472 e. The highest BCUT2D eigenvalue weighted by Gasteiger charge is 2.24. The first-order valence-electron chi connectivity index (χ1n) is 14.1. The summed E-state index contributed by atoms with van der Waals surface area (Å²) in [7, 11) is -5.20. The highest BCUT2D eigenvalue weighted by Crippen LogP contribution is 2.43. The van der Waals surface area contributed by atoms with Crippen LogP contribution in [-0.4, -0.2) is 64.7 Å². The van der Waals surface area contributed by atoms with Crippen LogP contribution in [0.5, 0.6) is 0 Å². The van der Waals surface area contributed by atoms with Crippen molar-refractivity contribution in [3.8, 4) is 0 Å². The Bertz CT molecular complexity index is 656. The Morgan fingerprint density at radius 2 is 1.30 bits per heavy atom. The van der Waals surface area contributed by atoms with Crippen molar-refractivity contribution in [2.24, 2.45) is 0 Å². The average molecular weight is 503 g/mol. The zero-order valence-electron chi connectivity index (χ0n) is 24.0. The largest absolute Gasteiger partial charge is 0.472 e. The van der Waals surface area contributed by atoms with Gasteiger partial charge in [0, 0.05) is 6.42 Å². The molecule has 0 heterocycles. The topological polar surface area (TPSA) is 143 Å². The van der Waals surface area contributed by atoms with Crippen molar-refractivity contribution >= 4 is 13.8 Å². The summed E-state index contributed by atoms with van der Waals surface area (Å²) in [6.45, 7) is -6.22. The Morgan fingerprint density at radius 1 is 0.818 bits per heavy atom. The number of carbonyl (C=O) groups is 1. The fourth-order valence-corrected chi connectivity index (χ4v) is 3.68. The molecule has 0 saturated carbocycles. The summed E-state index contributed by atoms with van der Waals surface area (Å²) in [5.41, 5.74) is 0. The number of rotatable bonds is 24. The molecule has 0 spiro atoms. The Hall–Kier alpha value is -0.540. The minimum atomic E-state index is -5.20. The van der Waals surface area contributed by atoms with Gasteiger partial charge in [0.1, 0.15) is 18.8 Å². The summed E-state index contributed by atoms with van der Waals surface area (Å²) in [6, 6.07) is 0. The lowest BCUT2D eigenvalue weighted by Gasteiger charge is -2.16. The minimum absolute atomic E-state index is 0.130. The molecule has 0 aromatic carbocycles. The van der Waals surface area contributed by atoms with E-state index in [0.29, 0.717) is 6.42 Å². The molecule has 2 unspecified atom stereocenters. The normalized spacial score (nSPS) is 17.8. The van der Waals surface area contributed by atoms with Crippen LogP contribution in [0.25, 0.3) is 0 Å². The predicted molar refractivity (Wildman–Crippen MR) is 127 cm³/mol. The molecule has 0 aromatic heterocycles. The highest BCUT2D eigenvalue weighted by atomic mass is 31.2. The van der Waals surface area contributed by atoms with Crippen molar-refractivity contribution in [3.05, 3.63) is 0 Å². The zero-order chi connectivity index (χ0) is 28.4. The molecule has 0 aliphatic carbocycles. The van der Waals surface area contributed by atoms with Crippen molar-refractivity contribution in [2.45, 2.75) is 115 Å². The van der Waals surface area contributed by atoms with Crippen LogP contribution in [-0.2, 0) is 23.1 Å². The van der Waals surface area contributed by atoms with E-state index in [1.165, 1.54) is 57.8 Å². The molecule has 10 heteroatoms. The van der Waals surface area contributed by atoms with Gasteiger partial charge in [-0.05, 0) is 6.42 Å². The SMILES string of the molecule is [2H]C([2H])(OC(=O)CCCCCCCCCCCCCCCC)[C@@H](O)C([2H])([2H])OP(=O)(O)OCC(O)CO. The molecule has 0 aliphatic heterocycles. The monoisotopic (exact) mass is 502 g/mol. The molecule has 0 fully saturated rings. The third-order valence-corrected chi connectivity index (χ3v) is 5.75. The molecule has 33 heavy (non-hydrogen) atoms. The van der Waals surface area contributed by atoms with Crippen LogP contribution >= 0.6 is 7.82 Å². The fourth-order valence-electron chi connectivity index (χ4n) is 3.04. The number of aliphatic hydroxyl groups is 3. The molecule has 0 amide bonds. The molecule has 0 saturated heterocycles.